The third-order valence-corrected chi connectivity index (χ3v) is 10.1. The number of aryl methyl sites for hydroxylation is 2. The van der Waals surface area contributed by atoms with Gasteiger partial charge in [0.25, 0.3) is 0 Å². The van der Waals surface area contributed by atoms with Crippen LogP contribution in [0.2, 0.25) is 0 Å². The zero-order chi connectivity index (χ0) is 28.6. The van der Waals surface area contributed by atoms with Gasteiger partial charge in [0, 0.05) is 53.7 Å². The lowest BCUT2D eigenvalue weighted by molar-refractivity contribution is -0.134. The van der Waals surface area contributed by atoms with Gasteiger partial charge in [0.15, 0.2) is 0 Å². The average Bonchev–Trinajstić information content (AvgIpc) is 3.05. The van der Waals surface area contributed by atoms with E-state index in [0.29, 0.717) is 37.3 Å². The Morgan fingerprint density at radius 3 is 2.35 bits per heavy atom. The number of likely N-dealkylation sites (tertiary alicyclic amines) is 2. The van der Waals surface area contributed by atoms with Gasteiger partial charge in [0.1, 0.15) is 5.60 Å². The van der Waals surface area contributed by atoms with E-state index >= 15 is 0 Å². The number of amides is 2. The van der Waals surface area contributed by atoms with E-state index in [1.807, 2.05) is 20.8 Å². The monoisotopic (exact) mass is 675 g/mol. The Kier molecular flexibility index (Phi) is 9.06. The van der Waals surface area contributed by atoms with Crippen molar-refractivity contribution in [3.63, 3.8) is 0 Å². The first kappa shape index (κ1) is 29.7. The molecule has 40 heavy (non-hydrogen) atoms. The number of allylic oxidation sites excluding steroid dienone is 2. The lowest BCUT2D eigenvalue weighted by Crippen LogP contribution is -2.45. The van der Waals surface area contributed by atoms with Crippen LogP contribution in [0, 0.1) is 18.8 Å². The molecule has 0 spiro atoms. The van der Waals surface area contributed by atoms with Crippen molar-refractivity contribution >= 4 is 43.9 Å². The van der Waals surface area contributed by atoms with Crippen LogP contribution in [0.3, 0.4) is 0 Å². The van der Waals surface area contributed by atoms with Crippen molar-refractivity contribution in [2.75, 3.05) is 26.2 Å². The largest absolute Gasteiger partial charge is 0.444 e. The van der Waals surface area contributed by atoms with E-state index in [1.54, 1.807) is 4.90 Å². The first-order valence-corrected chi connectivity index (χ1v) is 16.4. The Morgan fingerprint density at radius 2 is 1.68 bits per heavy atom. The average molecular weight is 678 g/mol. The molecule has 3 heterocycles. The molecular formula is C32H43Br2N3O3. The molecule has 1 aliphatic carbocycles. The normalized spacial score (nSPS) is 24.2. The van der Waals surface area contributed by atoms with Gasteiger partial charge in [-0.25, -0.2) is 4.79 Å². The van der Waals surface area contributed by atoms with E-state index in [9.17, 15) is 9.59 Å². The number of fused-ring (bicyclic) bond motifs is 2. The number of dihydropyridines is 1. The summed E-state index contributed by atoms with van der Waals surface area (Å²) in [6, 6.07) is 4.92. The Labute approximate surface area is 256 Å². The topological polar surface area (TPSA) is 61.9 Å². The van der Waals surface area contributed by atoms with E-state index in [4.69, 9.17) is 4.74 Å². The van der Waals surface area contributed by atoms with Crippen molar-refractivity contribution in [1.82, 2.24) is 15.1 Å². The fraction of sp³-hybridized carbons (Fsp3) is 0.625. The molecule has 1 N–H and O–H groups in total. The van der Waals surface area contributed by atoms with Gasteiger partial charge < -0.3 is 19.9 Å². The lowest BCUT2D eigenvalue weighted by atomic mass is 9.73. The molecule has 2 unspecified atom stereocenters. The van der Waals surface area contributed by atoms with Crippen LogP contribution in [0.15, 0.2) is 38.9 Å². The molecule has 6 nitrogen and oxygen atoms in total. The second-order valence-electron chi connectivity index (χ2n) is 13.1. The van der Waals surface area contributed by atoms with Crippen molar-refractivity contribution in [2.45, 2.75) is 90.2 Å². The van der Waals surface area contributed by atoms with Crippen molar-refractivity contribution in [2.24, 2.45) is 11.8 Å². The van der Waals surface area contributed by atoms with Gasteiger partial charge in [-0.05, 0) is 128 Å². The molecular weight excluding hydrogens is 634 g/mol. The standard InChI is InChI=1S/C32H43Br2N3O3/c1-20-15-23-5-6-24-18-25(33)19-35-30(24)29(28(23)26(34)16-20)22-9-13-36(14-10-22)27(38)17-21-7-11-37(12-8-21)31(39)40-32(2,3)4/h15-16,18-19,21-22,29-30,35H,5-14,17H2,1-4H3. The first-order chi connectivity index (χ1) is 19.0. The van der Waals surface area contributed by atoms with E-state index < -0.39 is 5.60 Å². The number of benzene rings is 1. The number of hydrogen-bond donors (Lipinski definition) is 1. The zero-order valence-corrected chi connectivity index (χ0v) is 27.4. The summed E-state index contributed by atoms with van der Waals surface area (Å²) in [6.07, 6.45) is 10.6. The summed E-state index contributed by atoms with van der Waals surface area (Å²) in [5.74, 6) is 1.48. The molecule has 4 aliphatic rings. The lowest BCUT2D eigenvalue weighted by Gasteiger charge is -2.41. The summed E-state index contributed by atoms with van der Waals surface area (Å²) < 4.78 is 7.86. The molecule has 2 atom stereocenters. The number of carbonyl (C=O) groups excluding carboxylic acids is 2. The van der Waals surface area contributed by atoms with Crippen LogP contribution < -0.4 is 5.32 Å². The van der Waals surface area contributed by atoms with Crippen LogP contribution in [-0.4, -0.2) is 59.6 Å². The molecule has 0 radical (unpaired) electrons. The molecule has 1 aromatic carbocycles. The fourth-order valence-corrected chi connectivity index (χ4v) is 8.34. The van der Waals surface area contributed by atoms with Crippen LogP contribution in [-0.2, 0) is 16.0 Å². The van der Waals surface area contributed by atoms with Crippen LogP contribution in [0.25, 0.3) is 0 Å². The molecule has 2 saturated heterocycles. The van der Waals surface area contributed by atoms with Gasteiger partial charge in [-0.15, -0.1) is 0 Å². The number of carbonyl (C=O) groups is 2. The predicted octanol–water partition coefficient (Wildman–Crippen LogP) is 7.20. The second-order valence-corrected chi connectivity index (χ2v) is 14.8. The van der Waals surface area contributed by atoms with Gasteiger partial charge in [-0.3, -0.25) is 4.79 Å². The third-order valence-electron chi connectivity index (χ3n) is 8.99. The maximum atomic E-state index is 13.3. The molecule has 2 amide bonds. The second kappa shape index (κ2) is 12.2. The summed E-state index contributed by atoms with van der Waals surface area (Å²) in [5, 5.41) is 3.74. The maximum Gasteiger partial charge on any atom is 0.410 e. The highest BCUT2D eigenvalue weighted by Crippen LogP contribution is 2.46. The van der Waals surface area contributed by atoms with Gasteiger partial charge >= 0.3 is 6.09 Å². The Hall–Kier alpha value is -1.80. The molecule has 3 aliphatic heterocycles. The predicted molar refractivity (Wildman–Crippen MR) is 166 cm³/mol. The van der Waals surface area contributed by atoms with Crippen molar-refractivity contribution < 1.29 is 14.3 Å². The minimum Gasteiger partial charge on any atom is -0.444 e. The number of ether oxygens (including phenoxy) is 1. The van der Waals surface area contributed by atoms with Gasteiger partial charge in [0.05, 0.1) is 6.04 Å². The van der Waals surface area contributed by atoms with Gasteiger partial charge in [-0.2, -0.15) is 0 Å². The smallest absolute Gasteiger partial charge is 0.410 e. The molecule has 218 valence electrons. The summed E-state index contributed by atoms with van der Waals surface area (Å²) in [6.45, 7) is 10.8. The van der Waals surface area contributed by atoms with Crippen LogP contribution in [0.5, 0.6) is 0 Å². The number of nitrogens with zero attached hydrogens (tertiary/aromatic N) is 2. The van der Waals surface area contributed by atoms with Crippen LogP contribution >= 0.6 is 31.9 Å². The van der Waals surface area contributed by atoms with Gasteiger partial charge in [-0.1, -0.05) is 22.0 Å². The van der Waals surface area contributed by atoms with Crippen LogP contribution in [0.1, 0.15) is 81.9 Å². The summed E-state index contributed by atoms with van der Waals surface area (Å²) in [7, 11) is 0. The zero-order valence-electron chi connectivity index (χ0n) is 24.3. The maximum absolute atomic E-state index is 13.3. The number of piperidine rings is 2. The molecule has 0 aromatic heterocycles. The highest BCUT2D eigenvalue weighted by atomic mass is 79.9. The van der Waals surface area contributed by atoms with E-state index in [-0.39, 0.29) is 18.0 Å². The van der Waals surface area contributed by atoms with Crippen molar-refractivity contribution in [1.29, 1.82) is 0 Å². The minimum atomic E-state index is -0.484. The van der Waals surface area contributed by atoms with E-state index in [1.165, 1.54) is 26.7 Å². The Morgan fingerprint density at radius 1 is 1.00 bits per heavy atom. The molecule has 1 aromatic rings. The SMILES string of the molecule is Cc1cc(Br)c2c(c1)CCC1=CC(Br)=CNC1C2C1CCN(C(=O)CC2CCN(C(=O)OC(C)(C)C)CC2)CC1. The number of nitrogens with one attached hydrogen (secondary N) is 1. The Balaban J connectivity index is 1.21. The third kappa shape index (κ3) is 6.80. The highest BCUT2D eigenvalue weighted by molar-refractivity contribution is 9.12. The number of halogens is 2. The summed E-state index contributed by atoms with van der Waals surface area (Å²) in [5.41, 5.74) is 5.20. The number of hydrogen-bond acceptors (Lipinski definition) is 4. The van der Waals surface area contributed by atoms with Crippen molar-refractivity contribution in [3.8, 4) is 0 Å². The van der Waals surface area contributed by atoms with Crippen molar-refractivity contribution in [3.05, 3.63) is 55.6 Å². The fourth-order valence-electron chi connectivity index (χ4n) is 7.04. The van der Waals surface area contributed by atoms with Gasteiger partial charge in [0.2, 0.25) is 5.91 Å². The summed E-state index contributed by atoms with van der Waals surface area (Å²) in [4.78, 5) is 29.6. The van der Waals surface area contributed by atoms with E-state index in [0.717, 1.165) is 56.1 Å². The van der Waals surface area contributed by atoms with E-state index in [2.05, 4.69) is 73.4 Å². The molecule has 2 fully saturated rings. The summed E-state index contributed by atoms with van der Waals surface area (Å²) >= 11 is 7.63. The quantitative estimate of drug-likeness (QED) is 0.368. The molecule has 0 bridgehead atoms. The van der Waals surface area contributed by atoms with Crippen LogP contribution in [0.4, 0.5) is 4.79 Å². The first-order valence-electron chi connectivity index (χ1n) is 14.9. The Bertz CT molecular complexity index is 1190. The number of rotatable bonds is 3. The molecule has 5 rings (SSSR count). The highest BCUT2D eigenvalue weighted by Gasteiger charge is 2.40. The molecule has 0 saturated carbocycles. The minimum absolute atomic E-state index is 0.241. The molecule has 8 heteroatoms.